The highest BCUT2D eigenvalue weighted by Crippen LogP contribution is 2.25. The molecule has 4 amide bonds. The maximum absolute atomic E-state index is 12.2. The van der Waals surface area contributed by atoms with Gasteiger partial charge in [0.05, 0.1) is 192 Å². The van der Waals surface area contributed by atoms with Crippen LogP contribution in [0.3, 0.4) is 0 Å². The van der Waals surface area contributed by atoms with Gasteiger partial charge in [0, 0.05) is 262 Å². The Morgan fingerprint density at radius 3 is 0.508 bits per heavy atom. The molecule has 12 N–H and O–H groups in total. The fourth-order valence-electron chi connectivity index (χ4n) is 15.5. The Bertz CT molecular complexity index is 2280. The molecule has 0 aromatic carbocycles. The molecule has 40 heteroatoms. The molecule has 40 nitrogen and oxygen atoms in total. The Labute approximate surface area is 699 Å². The average Bonchev–Trinajstić information content (AvgIpc) is 0.818. The number of nitrogens with one attached hydrogen (secondary N) is 4. The Kier molecular flexibility index (Phi) is 49.9. The van der Waals surface area contributed by atoms with E-state index in [4.69, 9.17) is 56.8 Å². The van der Waals surface area contributed by atoms with E-state index in [1.54, 1.807) is 47.3 Å². The Morgan fingerprint density at radius 2 is 0.373 bits per heavy atom. The van der Waals surface area contributed by atoms with E-state index in [0.29, 0.717) is 184 Å². The maximum atomic E-state index is 12.2. The fraction of sp³-hybridized carbons (Fsp3) is 0.949. The Hall–Kier alpha value is -4.04. The standard InChI is InChI=1S/C45H84N8O16.C33H68N8O8/c1-5-66-41(58)50-17-9-46(10-18-50)25-37(54)29-62-33-45(34-63-30-38(55)26-47-11-19-51(20-12-47)42(59)67-6-2,35-64-31-39(56)27-48-13-21-52(22-14-48)43(60)68-7-3)36-65-32-40(57)28-49-15-23-53(24-16-49)44(61)69-8-4;42-29(17-38-9-1-34-2-10-38)21-46-25-33(26-47-22-30(43)18-39-11-3-35-4-12-39,27-48-23-31(44)19-40-13-5-36-6-14-40)28-49-24-32(45)20-41-15-7-37-8-16-41/h37-40,54-57H,5-36H2,1-4H3;29-32,34-37,42-45H,1-28H2. The summed E-state index contributed by atoms with van der Waals surface area (Å²) in [6.45, 7) is 35.4. The van der Waals surface area contributed by atoms with Gasteiger partial charge in [0.1, 0.15) is 0 Å². The van der Waals surface area contributed by atoms with Crippen LogP contribution in [0.2, 0.25) is 0 Å². The van der Waals surface area contributed by atoms with Gasteiger partial charge in [-0.15, -0.1) is 0 Å². The van der Waals surface area contributed by atoms with E-state index in [1.165, 1.54) is 0 Å². The van der Waals surface area contributed by atoms with Crippen molar-refractivity contribution in [2.45, 2.75) is 76.5 Å². The summed E-state index contributed by atoms with van der Waals surface area (Å²) < 4.78 is 70.2. The van der Waals surface area contributed by atoms with Crippen molar-refractivity contribution in [2.24, 2.45) is 10.8 Å². The first-order valence-corrected chi connectivity index (χ1v) is 43.5. The summed E-state index contributed by atoms with van der Waals surface area (Å²) in [5.74, 6) is 0. The third kappa shape index (κ3) is 40.7. The summed E-state index contributed by atoms with van der Waals surface area (Å²) in [5.41, 5.74) is -1.83. The number of piperazine rings is 8. The van der Waals surface area contributed by atoms with Crippen molar-refractivity contribution in [2.75, 3.05) is 394 Å². The van der Waals surface area contributed by atoms with Crippen molar-refractivity contribution in [3.8, 4) is 0 Å². The van der Waals surface area contributed by atoms with Crippen LogP contribution in [-0.4, -0.2) is 567 Å². The minimum atomic E-state index is -1.04. The van der Waals surface area contributed by atoms with E-state index in [9.17, 15) is 60.0 Å². The molecule has 0 spiro atoms. The van der Waals surface area contributed by atoms with Gasteiger partial charge >= 0.3 is 24.4 Å². The molecule has 0 aliphatic carbocycles. The van der Waals surface area contributed by atoms with E-state index < -0.39 is 59.7 Å². The predicted molar refractivity (Wildman–Crippen MR) is 437 cm³/mol. The summed E-state index contributed by atoms with van der Waals surface area (Å²) in [5, 5.41) is 101. The van der Waals surface area contributed by atoms with E-state index in [2.05, 4.69) is 60.5 Å². The monoisotopic (exact) mass is 1700 g/mol. The minimum absolute atomic E-state index is 0.00948. The van der Waals surface area contributed by atoms with Crippen LogP contribution in [-0.2, 0) is 56.8 Å². The topological polar surface area (TPSA) is 428 Å². The third-order valence-electron chi connectivity index (χ3n) is 21.9. The number of nitrogens with zero attached hydrogens (tertiary/aromatic N) is 12. The Morgan fingerprint density at radius 1 is 0.237 bits per heavy atom. The first-order chi connectivity index (χ1) is 57.1. The second kappa shape index (κ2) is 58.2. The molecule has 8 aliphatic rings. The molecule has 8 rings (SSSR count). The molecular weight excluding hydrogens is 1540 g/mol. The number of hydrogen-bond acceptors (Lipinski definition) is 36. The molecule has 118 heavy (non-hydrogen) atoms. The molecule has 8 heterocycles. The van der Waals surface area contributed by atoms with Gasteiger partial charge in [0.25, 0.3) is 0 Å². The van der Waals surface area contributed by atoms with Crippen LogP contribution in [0, 0.1) is 10.8 Å². The molecular formula is C78H152N16O24. The molecule has 8 unspecified atom stereocenters. The number of aliphatic hydroxyl groups excluding tert-OH is 8. The van der Waals surface area contributed by atoms with Crippen LogP contribution in [0.5, 0.6) is 0 Å². The lowest BCUT2D eigenvalue weighted by Crippen LogP contribution is -2.51. The molecule has 8 saturated heterocycles. The number of amides is 4. The van der Waals surface area contributed by atoms with Crippen LogP contribution < -0.4 is 21.3 Å². The van der Waals surface area contributed by atoms with Crippen LogP contribution in [0.25, 0.3) is 0 Å². The summed E-state index contributed by atoms with van der Waals surface area (Å²) in [4.78, 5) is 72.6. The lowest BCUT2D eigenvalue weighted by molar-refractivity contribution is -0.134. The molecule has 0 aromatic rings. The lowest BCUT2D eigenvalue weighted by atomic mass is 9.92. The summed E-state index contributed by atoms with van der Waals surface area (Å²) in [6.07, 6.45) is -7.51. The van der Waals surface area contributed by atoms with Crippen molar-refractivity contribution in [1.82, 2.24) is 80.1 Å². The highest BCUT2D eigenvalue weighted by atomic mass is 16.6. The highest BCUT2D eigenvalue weighted by Gasteiger charge is 2.38. The van der Waals surface area contributed by atoms with Crippen LogP contribution >= 0.6 is 0 Å². The Balaban J connectivity index is 0.000000345. The number of carbonyl (C=O) groups is 4. The van der Waals surface area contributed by atoms with E-state index >= 15 is 0 Å². The van der Waals surface area contributed by atoms with Crippen LogP contribution in [0.1, 0.15) is 27.7 Å². The van der Waals surface area contributed by atoms with Crippen molar-refractivity contribution < 1.29 is 117 Å². The van der Waals surface area contributed by atoms with Crippen molar-refractivity contribution in [3.63, 3.8) is 0 Å². The normalized spacial score (nSPS) is 22.4. The minimum Gasteiger partial charge on any atom is -0.450 e. The summed E-state index contributed by atoms with van der Waals surface area (Å²) in [7, 11) is 0. The molecule has 0 bridgehead atoms. The van der Waals surface area contributed by atoms with Crippen molar-refractivity contribution in [3.05, 3.63) is 0 Å². The van der Waals surface area contributed by atoms with Gasteiger partial charge in [0.2, 0.25) is 0 Å². The first-order valence-electron chi connectivity index (χ1n) is 43.5. The molecule has 0 aromatic heterocycles. The zero-order valence-corrected chi connectivity index (χ0v) is 71.5. The molecule has 688 valence electrons. The SMILES string of the molecule is CCOC(=O)N1CCN(CC(O)COCC(COCC(O)CN2CCN(C(=O)OCC)CC2)(COCC(O)CN2CCN(C(=O)OCC)CC2)COCC(O)CN2CCN(C(=O)OCC)CC2)CC1.OC(COCC(COCC(O)CN1CCNCC1)(COCC(O)CN1CCNCC1)COCC(O)CN1CCNCC1)CN1CCNCC1. The van der Waals surface area contributed by atoms with Gasteiger partial charge in [0.15, 0.2) is 0 Å². The van der Waals surface area contributed by atoms with Gasteiger partial charge in [-0.3, -0.25) is 39.2 Å². The lowest BCUT2D eigenvalue weighted by Gasteiger charge is -2.37. The summed E-state index contributed by atoms with van der Waals surface area (Å²) in [6, 6.07) is 0. The number of carbonyl (C=O) groups excluding carboxylic acids is 4. The van der Waals surface area contributed by atoms with E-state index in [1.807, 2.05) is 0 Å². The van der Waals surface area contributed by atoms with Crippen LogP contribution in [0.15, 0.2) is 0 Å². The van der Waals surface area contributed by atoms with Crippen LogP contribution in [0.4, 0.5) is 19.2 Å². The molecule has 0 saturated carbocycles. The van der Waals surface area contributed by atoms with E-state index in [-0.39, 0.29) is 130 Å². The molecule has 8 atom stereocenters. The quantitative estimate of drug-likeness (QED) is 0.0252. The van der Waals surface area contributed by atoms with Crippen molar-refractivity contribution in [1.29, 1.82) is 0 Å². The fourth-order valence-corrected chi connectivity index (χ4v) is 15.5. The number of hydrogen-bond donors (Lipinski definition) is 12. The number of ether oxygens (including phenoxy) is 12. The number of rotatable bonds is 52. The molecule has 8 fully saturated rings. The maximum Gasteiger partial charge on any atom is 0.409 e. The molecule has 0 radical (unpaired) electrons. The number of β-amino-alcohol motifs (C(OH)–C–C–N with tert-alkyl or cyclic N) is 8. The predicted octanol–water partition coefficient (Wildman–Crippen LogP) is -6.32. The average molecular weight is 1700 g/mol. The van der Waals surface area contributed by atoms with Gasteiger partial charge in [-0.05, 0) is 27.7 Å². The third-order valence-corrected chi connectivity index (χ3v) is 21.9. The zero-order chi connectivity index (χ0) is 84.6. The van der Waals surface area contributed by atoms with Gasteiger partial charge in [-0.1, -0.05) is 0 Å². The van der Waals surface area contributed by atoms with Gasteiger partial charge in [-0.2, -0.15) is 0 Å². The zero-order valence-electron chi connectivity index (χ0n) is 71.5. The van der Waals surface area contributed by atoms with Gasteiger partial charge < -0.3 is 139 Å². The smallest absolute Gasteiger partial charge is 0.409 e. The van der Waals surface area contributed by atoms with Gasteiger partial charge in [-0.25, -0.2) is 19.2 Å². The second-order valence-electron chi connectivity index (χ2n) is 32.5. The van der Waals surface area contributed by atoms with E-state index in [0.717, 1.165) is 105 Å². The number of aliphatic hydroxyl groups is 8. The highest BCUT2D eigenvalue weighted by molar-refractivity contribution is 5.69. The summed E-state index contributed by atoms with van der Waals surface area (Å²) >= 11 is 0. The van der Waals surface area contributed by atoms with Crippen molar-refractivity contribution >= 4 is 24.4 Å². The molecule has 8 aliphatic heterocycles. The largest absolute Gasteiger partial charge is 0.450 e. The second-order valence-corrected chi connectivity index (χ2v) is 32.5. The first kappa shape index (κ1) is 101.